The molecule has 9 heteroatoms. The number of hydrogen-bond donors (Lipinski definition) is 1. The predicted octanol–water partition coefficient (Wildman–Crippen LogP) is 3.24. The Morgan fingerprint density at radius 1 is 0.935 bits per heavy atom. The van der Waals surface area contributed by atoms with Gasteiger partial charge in [0.1, 0.15) is 30.4 Å². The SMILES string of the molecule is COC(=O)CN(c1ccc(Oc2ccccc2)cc1OCc1ccccc1)S(N)(=O)=O. The first kappa shape index (κ1) is 22.1. The number of rotatable bonds is 9. The molecule has 0 saturated carbocycles. The molecule has 31 heavy (non-hydrogen) atoms. The molecule has 0 aromatic heterocycles. The molecule has 0 amide bonds. The lowest BCUT2D eigenvalue weighted by molar-refractivity contribution is -0.138. The molecule has 3 rings (SSSR count). The third kappa shape index (κ3) is 6.21. The lowest BCUT2D eigenvalue weighted by Crippen LogP contribution is -2.40. The van der Waals surface area contributed by atoms with Crippen LogP contribution in [0, 0.1) is 0 Å². The summed E-state index contributed by atoms with van der Waals surface area (Å²) in [6.07, 6.45) is 0. The van der Waals surface area contributed by atoms with Crippen molar-refractivity contribution in [3.05, 3.63) is 84.4 Å². The van der Waals surface area contributed by atoms with E-state index in [1.165, 1.54) is 6.07 Å². The molecule has 0 aliphatic rings. The summed E-state index contributed by atoms with van der Waals surface area (Å²) in [6, 6.07) is 23.0. The average Bonchev–Trinajstić information content (AvgIpc) is 2.77. The van der Waals surface area contributed by atoms with E-state index in [1.54, 1.807) is 24.3 Å². The Labute approximate surface area is 181 Å². The molecule has 0 atom stereocenters. The Hall–Kier alpha value is -3.56. The highest BCUT2D eigenvalue weighted by Crippen LogP contribution is 2.35. The Kier molecular flexibility index (Phi) is 7.11. The van der Waals surface area contributed by atoms with Gasteiger partial charge < -0.3 is 14.2 Å². The van der Waals surface area contributed by atoms with Crippen LogP contribution >= 0.6 is 0 Å². The molecule has 0 spiro atoms. The summed E-state index contributed by atoms with van der Waals surface area (Å²) >= 11 is 0. The van der Waals surface area contributed by atoms with Crippen molar-refractivity contribution in [2.45, 2.75) is 6.61 Å². The van der Waals surface area contributed by atoms with Crippen molar-refractivity contribution in [1.29, 1.82) is 0 Å². The summed E-state index contributed by atoms with van der Waals surface area (Å²) in [5.74, 6) is 0.426. The Morgan fingerprint density at radius 3 is 2.19 bits per heavy atom. The van der Waals surface area contributed by atoms with Crippen molar-refractivity contribution < 1.29 is 27.4 Å². The van der Waals surface area contributed by atoms with Crippen LogP contribution in [0.1, 0.15) is 5.56 Å². The maximum atomic E-state index is 12.2. The second-order valence-corrected chi connectivity index (χ2v) is 7.92. The van der Waals surface area contributed by atoms with Crippen LogP contribution in [0.3, 0.4) is 0 Å². The van der Waals surface area contributed by atoms with Crippen molar-refractivity contribution in [3.8, 4) is 17.2 Å². The van der Waals surface area contributed by atoms with Crippen LogP contribution in [0.2, 0.25) is 0 Å². The van der Waals surface area contributed by atoms with Crippen LogP contribution in [-0.4, -0.2) is 28.0 Å². The van der Waals surface area contributed by atoms with Gasteiger partial charge in [0, 0.05) is 6.07 Å². The van der Waals surface area contributed by atoms with Crippen molar-refractivity contribution in [1.82, 2.24) is 0 Å². The molecular weight excluding hydrogens is 420 g/mol. The summed E-state index contributed by atoms with van der Waals surface area (Å²) in [5, 5.41) is 5.36. The second-order valence-electron chi connectivity index (χ2n) is 6.45. The van der Waals surface area contributed by atoms with Gasteiger partial charge in [0.25, 0.3) is 10.2 Å². The minimum atomic E-state index is -4.29. The first-order valence-corrected chi connectivity index (χ1v) is 10.8. The number of para-hydroxylation sites is 1. The fraction of sp³-hybridized carbons (Fsp3) is 0.136. The molecule has 0 radical (unpaired) electrons. The summed E-state index contributed by atoms with van der Waals surface area (Å²) in [5.41, 5.74) is 0.960. The van der Waals surface area contributed by atoms with Gasteiger partial charge in [0.05, 0.1) is 12.8 Å². The number of methoxy groups -OCH3 is 1. The summed E-state index contributed by atoms with van der Waals surface area (Å²) in [7, 11) is -3.13. The van der Waals surface area contributed by atoms with E-state index in [2.05, 4.69) is 4.74 Å². The largest absolute Gasteiger partial charge is 0.487 e. The molecule has 0 heterocycles. The van der Waals surface area contributed by atoms with Crippen LogP contribution in [0.5, 0.6) is 17.2 Å². The van der Waals surface area contributed by atoms with E-state index in [1.807, 2.05) is 48.5 Å². The van der Waals surface area contributed by atoms with Gasteiger partial charge in [-0.2, -0.15) is 8.42 Å². The van der Waals surface area contributed by atoms with Gasteiger partial charge in [-0.25, -0.2) is 9.44 Å². The van der Waals surface area contributed by atoms with Gasteiger partial charge in [-0.1, -0.05) is 48.5 Å². The number of nitrogens with zero attached hydrogens (tertiary/aromatic N) is 1. The van der Waals surface area contributed by atoms with Gasteiger partial charge in [0.15, 0.2) is 0 Å². The zero-order valence-corrected chi connectivity index (χ0v) is 17.6. The smallest absolute Gasteiger partial charge is 0.326 e. The first-order chi connectivity index (χ1) is 14.9. The Morgan fingerprint density at radius 2 is 1.58 bits per heavy atom. The van der Waals surface area contributed by atoms with Gasteiger partial charge in [-0.3, -0.25) is 4.79 Å². The monoisotopic (exact) mass is 442 g/mol. The quantitative estimate of drug-likeness (QED) is 0.510. The van der Waals surface area contributed by atoms with E-state index in [0.29, 0.717) is 11.5 Å². The van der Waals surface area contributed by atoms with Gasteiger partial charge in [0.2, 0.25) is 0 Å². The zero-order chi connectivity index (χ0) is 22.3. The number of benzene rings is 3. The zero-order valence-electron chi connectivity index (χ0n) is 16.8. The molecule has 0 bridgehead atoms. The highest BCUT2D eigenvalue weighted by atomic mass is 32.2. The van der Waals surface area contributed by atoms with Gasteiger partial charge in [-0.15, -0.1) is 0 Å². The molecule has 2 N–H and O–H groups in total. The Bertz CT molecular complexity index is 1120. The average molecular weight is 442 g/mol. The summed E-state index contributed by atoms with van der Waals surface area (Å²) in [4.78, 5) is 11.8. The van der Waals surface area contributed by atoms with Crippen molar-refractivity contribution in [2.75, 3.05) is 18.0 Å². The van der Waals surface area contributed by atoms with Crippen LogP contribution in [0.25, 0.3) is 0 Å². The number of anilines is 1. The maximum absolute atomic E-state index is 12.2. The van der Waals surface area contributed by atoms with Crippen LogP contribution in [0.4, 0.5) is 5.69 Å². The summed E-state index contributed by atoms with van der Waals surface area (Å²) in [6.45, 7) is -0.435. The molecule has 0 aliphatic heterocycles. The Balaban J connectivity index is 1.97. The molecule has 8 nitrogen and oxygen atoms in total. The van der Waals surface area contributed by atoms with E-state index in [9.17, 15) is 13.2 Å². The van der Waals surface area contributed by atoms with Crippen molar-refractivity contribution in [2.24, 2.45) is 5.14 Å². The molecule has 0 aliphatic carbocycles. The van der Waals surface area contributed by atoms with Crippen LogP contribution in [-0.2, 0) is 26.3 Å². The molecule has 3 aromatic rings. The highest BCUT2D eigenvalue weighted by Gasteiger charge is 2.25. The molecule has 3 aromatic carbocycles. The van der Waals surface area contributed by atoms with E-state index < -0.39 is 22.7 Å². The fourth-order valence-electron chi connectivity index (χ4n) is 2.73. The van der Waals surface area contributed by atoms with Crippen LogP contribution in [0.15, 0.2) is 78.9 Å². The molecule has 0 unspecified atom stereocenters. The maximum Gasteiger partial charge on any atom is 0.326 e. The van der Waals surface area contributed by atoms with Crippen molar-refractivity contribution in [3.63, 3.8) is 0 Å². The van der Waals surface area contributed by atoms with E-state index in [-0.39, 0.29) is 18.0 Å². The number of hydrogen-bond acceptors (Lipinski definition) is 6. The number of nitrogens with two attached hydrogens (primary N) is 1. The van der Waals surface area contributed by atoms with E-state index in [0.717, 1.165) is 17.0 Å². The number of carbonyl (C=O) groups is 1. The van der Waals surface area contributed by atoms with Crippen LogP contribution < -0.4 is 18.9 Å². The van der Waals surface area contributed by atoms with Gasteiger partial charge >= 0.3 is 5.97 Å². The normalized spacial score (nSPS) is 10.9. The minimum Gasteiger partial charge on any atom is -0.487 e. The number of esters is 1. The summed E-state index contributed by atoms with van der Waals surface area (Å²) < 4.78 is 41.4. The lowest BCUT2D eigenvalue weighted by Gasteiger charge is -2.23. The molecule has 0 saturated heterocycles. The standard InChI is InChI=1S/C22H22N2O6S/c1-28-22(25)15-24(31(23,26)27)20-13-12-19(30-18-10-6-3-7-11-18)14-21(20)29-16-17-8-4-2-5-9-17/h2-14H,15-16H2,1H3,(H2,23,26,27). The molecular formula is C22H22N2O6S. The van der Waals surface area contributed by atoms with E-state index >= 15 is 0 Å². The fourth-order valence-corrected chi connectivity index (χ4v) is 3.44. The third-order valence-electron chi connectivity index (χ3n) is 4.22. The topological polar surface area (TPSA) is 108 Å². The number of carbonyl (C=O) groups excluding carboxylic acids is 1. The minimum absolute atomic E-state index is 0.0873. The number of ether oxygens (including phenoxy) is 3. The third-order valence-corrected chi connectivity index (χ3v) is 5.16. The predicted molar refractivity (Wildman–Crippen MR) is 116 cm³/mol. The van der Waals surface area contributed by atoms with Crippen molar-refractivity contribution >= 4 is 21.9 Å². The first-order valence-electron chi connectivity index (χ1n) is 9.28. The lowest BCUT2D eigenvalue weighted by atomic mass is 10.2. The highest BCUT2D eigenvalue weighted by molar-refractivity contribution is 7.90. The molecule has 162 valence electrons. The second kappa shape index (κ2) is 9.96. The van der Waals surface area contributed by atoms with Gasteiger partial charge in [-0.05, 0) is 29.8 Å². The van der Waals surface area contributed by atoms with E-state index in [4.69, 9.17) is 14.6 Å². The molecule has 0 fully saturated rings.